The topological polar surface area (TPSA) is 59.1 Å². The van der Waals surface area contributed by atoms with Crippen molar-refractivity contribution in [1.82, 2.24) is 4.98 Å². The second-order valence-corrected chi connectivity index (χ2v) is 3.45. The second-order valence-electron chi connectivity index (χ2n) is 3.45. The van der Waals surface area contributed by atoms with Crippen molar-refractivity contribution < 1.29 is 5.11 Å². The fourth-order valence-electron chi connectivity index (χ4n) is 1.39. The summed E-state index contributed by atoms with van der Waals surface area (Å²) in [5.41, 5.74) is 8.65. The van der Waals surface area contributed by atoms with Crippen LogP contribution in [0.1, 0.15) is 31.0 Å². The van der Waals surface area contributed by atoms with Gasteiger partial charge in [-0.3, -0.25) is 4.98 Å². The van der Waals surface area contributed by atoms with Gasteiger partial charge in [0.15, 0.2) is 0 Å². The molecule has 3 N–H and O–H groups in total. The van der Waals surface area contributed by atoms with E-state index in [1.165, 1.54) is 0 Å². The number of pyridine rings is 1. The van der Waals surface area contributed by atoms with Crippen molar-refractivity contribution in [3.63, 3.8) is 0 Å². The van der Waals surface area contributed by atoms with Crippen LogP contribution in [0.2, 0.25) is 0 Å². The van der Waals surface area contributed by atoms with Crippen molar-refractivity contribution in [1.29, 1.82) is 0 Å². The van der Waals surface area contributed by atoms with E-state index in [9.17, 15) is 0 Å². The molecule has 0 aromatic carbocycles. The molecule has 0 atom stereocenters. The van der Waals surface area contributed by atoms with Crippen LogP contribution in [0.25, 0.3) is 0 Å². The van der Waals surface area contributed by atoms with Gasteiger partial charge >= 0.3 is 0 Å². The maximum atomic E-state index is 8.78. The number of hydrogen-bond acceptors (Lipinski definition) is 3. The normalized spacial score (nSPS) is 10.4. The van der Waals surface area contributed by atoms with E-state index in [-0.39, 0.29) is 6.61 Å². The SMILES string of the molecule is CCCCc1cc(CCO)ncc1N. The Morgan fingerprint density at radius 2 is 2.21 bits per heavy atom. The zero-order valence-corrected chi connectivity index (χ0v) is 8.66. The number of hydrogen-bond donors (Lipinski definition) is 2. The van der Waals surface area contributed by atoms with Crippen molar-refractivity contribution in [3.05, 3.63) is 23.5 Å². The zero-order valence-electron chi connectivity index (χ0n) is 8.66. The van der Waals surface area contributed by atoms with Gasteiger partial charge in [-0.25, -0.2) is 0 Å². The van der Waals surface area contributed by atoms with E-state index < -0.39 is 0 Å². The molecule has 0 bridgehead atoms. The Bertz CT molecular complexity index is 287. The van der Waals surface area contributed by atoms with Crippen LogP contribution in [0.5, 0.6) is 0 Å². The van der Waals surface area contributed by atoms with Gasteiger partial charge in [-0.2, -0.15) is 0 Å². The molecule has 1 aromatic rings. The molecule has 0 saturated carbocycles. The number of nitrogens with zero attached hydrogens (tertiary/aromatic N) is 1. The molecule has 0 aliphatic rings. The molecule has 0 fully saturated rings. The summed E-state index contributed by atoms with van der Waals surface area (Å²) in [7, 11) is 0. The first-order valence-electron chi connectivity index (χ1n) is 5.12. The van der Waals surface area contributed by atoms with E-state index in [0.29, 0.717) is 6.42 Å². The minimum Gasteiger partial charge on any atom is -0.397 e. The molecular weight excluding hydrogens is 176 g/mol. The molecule has 1 aromatic heterocycles. The molecule has 0 unspecified atom stereocenters. The van der Waals surface area contributed by atoms with Gasteiger partial charge in [0.25, 0.3) is 0 Å². The van der Waals surface area contributed by atoms with E-state index in [2.05, 4.69) is 11.9 Å². The monoisotopic (exact) mass is 194 g/mol. The summed E-state index contributed by atoms with van der Waals surface area (Å²) >= 11 is 0. The third kappa shape index (κ3) is 3.00. The fraction of sp³-hybridized carbons (Fsp3) is 0.545. The molecule has 78 valence electrons. The van der Waals surface area contributed by atoms with Crippen LogP contribution < -0.4 is 5.73 Å². The van der Waals surface area contributed by atoms with E-state index in [1.54, 1.807) is 6.20 Å². The summed E-state index contributed by atoms with van der Waals surface area (Å²) in [6.45, 7) is 2.30. The summed E-state index contributed by atoms with van der Waals surface area (Å²) in [6.07, 6.45) is 5.61. The highest BCUT2D eigenvalue weighted by Crippen LogP contribution is 2.14. The minimum absolute atomic E-state index is 0.143. The first kappa shape index (κ1) is 11.0. The number of aryl methyl sites for hydroxylation is 1. The van der Waals surface area contributed by atoms with Crippen molar-refractivity contribution >= 4 is 5.69 Å². The van der Waals surface area contributed by atoms with Crippen molar-refractivity contribution in [2.75, 3.05) is 12.3 Å². The Morgan fingerprint density at radius 1 is 1.43 bits per heavy atom. The Labute approximate surface area is 85.0 Å². The molecule has 0 spiro atoms. The number of rotatable bonds is 5. The van der Waals surface area contributed by atoms with Crippen LogP contribution in [-0.2, 0) is 12.8 Å². The van der Waals surface area contributed by atoms with Gasteiger partial charge in [0.1, 0.15) is 0 Å². The summed E-state index contributed by atoms with van der Waals surface area (Å²) in [4.78, 5) is 4.15. The number of aromatic nitrogens is 1. The quantitative estimate of drug-likeness (QED) is 0.747. The van der Waals surface area contributed by atoms with Crippen LogP contribution in [0, 0.1) is 0 Å². The average Bonchev–Trinajstić information content (AvgIpc) is 2.19. The minimum atomic E-state index is 0.143. The lowest BCUT2D eigenvalue weighted by Crippen LogP contribution is -2.01. The molecule has 0 aliphatic carbocycles. The average molecular weight is 194 g/mol. The standard InChI is InChI=1S/C11H18N2O/c1-2-3-4-9-7-10(5-6-14)13-8-11(9)12/h7-8,14H,2-6,12H2,1H3. The van der Waals surface area contributed by atoms with Crippen molar-refractivity contribution in [2.24, 2.45) is 0 Å². The summed E-state index contributed by atoms with van der Waals surface area (Å²) in [5, 5.41) is 8.78. The van der Waals surface area contributed by atoms with E-state index in [4.69, 9.17) is 10.8 Å². The van der Waals surface area contributed by atoms with Crippen molar-refractivity contribution in [2.45, 2.75) is 32.6 Å². The number of aliphatic hydroxyl groups excluding tert-OH is 1. The predicted molar refractivity (Wildman–Crippen MR) is 58.1 cm³/mol. The van der Waals surface area contributed by atoms with Gasteiger partial charge < -0.3 is 10.8 Å². The Morgan fingerprint density at radius 3 is 2.86 bits per heavy atom. The molecule has 1 heterocycles. The number of anilines is 1. The van der Waals surface area contributed by atoms with E-state index >= 15 is 0 Å². The largest absolute Gasteiger partial charge is 0.397 e. The van der Waals surface area contributed by atoms with E-state index in [1.807, 2.05) is 6.07 Å². The Balaban J connectivity index is 2.74. The lowest BCUT2D eigenvalue weighted by molar-refractivity contribution is 0.298. The molecule has 3 nitrogen and oxygen atoms in total. The summed E-state index contributed by atoms with van der Waals surface area (Å²) in [6, 6.07) is 2.00. The molecule has 1 rings (SSSR count). The summed E-state index contributed by atoms with van der Waals surface area (Å²) in [5.74, 6) is 0. The molecule has 0 amide bonds. The van der Waals surface area contributed by atoms with Crippen LogP contribution in [-0.4, -0.2) is 16.7 Å². The molecule has 0 aliphatic heterocycles. The van der Waals surface area contributed by atoms with Gasteiger partial charge in [-0.1, -0.05) is 13.3 Å². The van der Waals surface area contributed by atoms with Crippen LogP contribution >= 0.6 is 0 Å². The highest BCUT2D eigenvalue weighted by Gasteiger charge is 2.01. The number of aliphatic hydroxyl groups is 1. The van der Waals surface area contributed by atoms with Gasteiger partial charge in [-0.15, -0.1) is 0 Å². The third-order valence-corrected chi connectivity index (χ3v) is 2.25. The van der Waals surface area contributed by atoms with Gasteiger partial charge in [-0.05, 0) is 24.5 Å². The van der Waals surface area contributed by atoms with Crippen LogP contribution in [0.15, 0.2) is 12.3 Å². The highest BCUT2D eigenvalue weighted by molar-refractivity contribution is 5.45. The lowest BCUT2D eigenvalue weighted by atomic mass is 10.1. The Hall–Kier alpha value is -1.09. The molecule has 0 saturated heterocycles. The van der Waals surface area contributed by atoms with Gasteiger partial charge in [0, 0.05) is 18.7 Å². The molecular formula is C11H18N2O. The van der Waals surface area contributed by atoms with E-state index in [0.717, 1.165) is 36.2 Å². The number of nitrogens with two attached hydrogens (primary N) is 1. The highest BCUT2D eigenvalue weighted by atomic mass is 16.3. The molecule has 3 heteroatoms. The first-order chi connectivity index (χ1) is 6.77. The predicted octanol–water partition coefficient (Wildman–Crippen LogP) is 1.54. The molecule has 14 heavy (non-hydrogen) atoms. The van der Waals surface area contributed by atoms with Crippen LogP contribution in [0.4, 0.5) is 5.69 Å². The van der Waals surface area contributed by atoms with Crippen LogP contribution in [0.3, 0.4) is 0 Å². The third-order valence-electron chi connectivity index (χ3n) is 2.25. The lowest BCUT2D eigenvalue weighted by Gasteiger charge is -2.06. The fourth-order valence-corrected chi connectivity index (χ4v) is 1.39. The van der Waals surface area contributed by atoms with Crippen molar-refractivity contribution in [3.8, 4) is 0 Å². The van der Waals surface area contributed by atoms with Gasteiger partial charge in [0.2, 0.25) is 0 Å². The maximum absolute atomic E-state index is 8.78. The Kier molecular flexibility index (Phi) is 4.40. The summed E-state index contributed by atoms with van der Waals surface area (Å²) < 4.78 is 0. The number of unbranched alkanes of at least 4 members (excludes halogenated alkanes) is 1. The molecule has 0 radical (unpaired) electrons. The number of nitrogen functional groups attached to an aromatic ring is 1. The maximum Gasteiger partial charge on any atom is 0.0533 e. The van der Waals surface area contributed by atoms with Gasteiger partial charge in [0.05, 0.1) is 11.9 Å². The first-order valence-corrected chi connectivity index (χ1v) is 5.12. The smallest absolute Gasteiger partial charge is 0.0533 e. The second kappa shape index (κ2) is 5.60. The zero-order chi connectivity index (χ0) is 10.4.